The fourth-order valence-electron chi connectivity index (χ4n) is 3.07. The van der Waals surface area contributed by atoms with Gasteiger partial charge in [0.2, 0.25) is 5.91 Å². The molecule has 0 bridgehead atoms. The van der Waals surface area contributed by atoms with Gasteiger partial charge >= 0.3 is 12.0 Å². The largest absolute Gasteiger partial charge is 0.476 e. The van der Waals surface area contributed by atoms with Gasteiger partial charge in [-0.3, -0.25) is 10.2 Å². The third-order valence-electron chi connectivity index (χ3n) is 4.92. The monoisotopic (exact) mass is 456 g/mol. The fraction of sp³-hybridized carbons (Fsp3) is 0.400. The van der Waals surface area contributed by atoms with Crippen molar-refractivity contribution in [2.24, 2.45) is 5.73 Å². The van der Waals surface area contributed by atoms with Crippen molar-refractivity contribution >= 4 is 17.9 Å². The molecule has 0 aliphatic carbocycles. The zero-order valence-electron chi connectivity index (χ0n) is 19.7. The van der Waals surface area contributed by atoms with E-state index in [1.807, 2.05) is 43.3 Å². The number of carbonyl (C=O) groups is 3. The van der Waals surface area contributed by atoms with Crippen LogP contribution in [0.15, 0.2) is 48.5 Å². The number of rotatable bonds is 10. The number of nitrogens with one attached hydrogen (secondary N) is 1. The number of hydrogen-bond acceptors (Lipinski definition) is 5. The number of hydrogen-bond donors (Lipinski definition) is 2. The molecule has 0 atom stereocenters. The second-order valence-corrected chi connectivity index (χ2v) is 8.28. The lowest BCUT2D eigenvalue weighted by molar-refractivity contribution is -0.158. The summed E-state index contributed by atoms with van der Waals surface area (Å²) in [5.74, 6) is -0.146. The van der Waals surface area contributed by atoms with Crippen molar-refractivity contribution in [3.8, 4) is 5.75 Å². The number of carbonyl (C=O) groups excluding carboxylic acids is 3. The molecule has 3 amide bonds. The van der Waals surface area contributed by atoms with Crippen molar-refractivity contribution in [2.75, 3.05) is 6.61 Å². The van der Waals surface area contributed by atoms with E-state index in [-0.39, 0.29) is 18.9 Å². The lowest BCUT2D eigenvalue weighted by Gasteiger charge is -2.24. The molecule has 0 saturated heterocycles. The minimum Gasteiger partial charge on any atom is -0.476 e. The fourth-order valence-corrected chi connectivity index (χ4v) is 3.07. The summed E-state index contributed by atoms with van der Waals surface area (Å²) in [6, 6.07) is 14.3. The van der Waals surface area contributed by atoms with Gasteiger partial charge in [-0.2, -0.15) is 0 Å². The van der Waals surface area contributed by atoms with Crippen LogP contribution in [0.1, 0.15) is 50.3 Å². The summed E-state index contributed by atoms with van der Waals surface area (Å²) in [5.41, 5.74) is 9.90. The maximum absolute atomic E-state index is 12.3. The molecule has 178 valence electrons. The Kier molecular flexibility index (Phi) is 9.27. The second-order valence-electron chi connectivity index (χ2n) is 8.28. The highest BCUT2D eigenvalue weighted by molar-refractivity contribution is 5.80. The number of benzene rings is 2. The van der Waals surface area contributed by atoms with Crippen molar-refractivity contribution < 1.29 is 23.9 Å². The van der Waals surface area contributed by atoms with E-state index >= 15 is 0 Å². The summed E-state index contributed by atoms with van der Waals surface area (Å²) in [5, 5.41) is 1.12. The van der Waals surface area contributed by atoms with Gasteiger partial charge in [-0.25, -0.2) is 14.6 Å². The van der Waals surface area contributed by atoms with E-state index in [0.717, 1.165) is 21.7 Å². The van der Waals surface area contributed by atoms with Crippen LogP contribution in [0.4, 0.5) is 4.79 Å². The molecule has 0 aromatic heterocycles. The third kappa shape index (κ3) is 8.48. The summed E-state index contributed by atoms with van der Waals surface area (Å²) >= 11 is 0. The number of urea groups is 1. The van der Waals surface area contributed by atoms with Gasteiger partial charge in [-0.1, -0.05) is 42.0 Å². The minimum atomic E-state index is -1.08. The van der Waals surface area contributed by atoms with Crippen molar-refractivity contribution in [2.45, 2.75) is 59.1 Å². The number of nitrogens with two attached hydrogens (primary N) is 1. The molecule has 8 nitrogen and oxygen atoms in total. The topological polar surface area (TPSA) is 111 Å². The molecule has 0 radical (unpaired) electrons. The van der Waals surface area contributed by atoms with Gasteiger partial charge in [0.05, 0.1) is 13.2 Å². The number of amides is 3. The van der Waals surface area contributed by atoms with Gasteiger partial charge in [-0.15, -0.1) is 0 Å². The first kappa shape index (κ1) is 25.7. The van der Waals surface area contributed by atoms with Gasteiger partial charge < -0.3 is 15.2 Å². The average Bonchev–Trinajstić information content (AvgIpc) is 2.76. The Morgan fingerprint density at radius 3 is 2.18 bits per heavy atom. The molecule has 0 aliphatic heterocycles. The molecule has 0 saturated carbocycles. The second kappa shape index (κ2) is 11.9. The van der Waals surface area contributed by atoms with Crippen molar-refractivity contribution in [1.29, 1.82) is 0 Å². The molecule has 8 heteroatoms. The van der Waals surface area contributed by atoms with E-state index in [4.69, 9.17) is 15.2 Å². The van der Waals surface area contributed by atoms with Gasteiger partial charge in [0.15, 0.2) is 5.60 Å². The maximum atomic E-state index is 12.3. The van der Waals surface area contributed by atoms with Crippen LogP contribution in [-0.2, 0) is 27.3 Å². The number of esters is 1. The van der Waals surface area contributed by atoms with Crippen LogP contribution in [0.25, 0.3) is 0 Å². The first-order valence-corrected chi connectivity index (χ1v) is 11.0. The standard InChI is InChI=1S/C25H33N3O5/c1-5-32-23(30)25(3,4)33-21-15-13-19(14-16-21)7-6-8-22(29)27-28(24(26)31)17-20-11-9-18(2)10-12-20/h9-16H,5-8,17H2,1-4H3,(H2,26,31)(H,27,29)/i22+1. The van der Waals surface area contributed by atoms with Crippen LogP contribution in [0.2, 0.25) is 0 Å². The van der Waals surface area contributed by atoms with E-state index in [9.17, 15) is 14.4 Å². The SMILES string of the molecule is CCOC(=O)C(C)(C)Oc1ccc(CCC[13C](=O)NN(Cc2ccc(C)cc2)C(N)=O)cc1. The lowest BCUT2D eigenvalue weighted by Crippen LogP contribution is -2.48. The van der Waals surface area contributed by atoms with E-state index in [2.05, 4.69) is 5.43 Å². The predicted molar refractivity (Wildman–Crippen MR) is 125 cm³/mol. The highest BCUT2D eigenvalue weighted by atomic mass is 16.6. The van der Waals surface area contributed by atoms with E-state index < -0.39 is 17.6 Å². The number of hydrazine groups is 1. The molecule has 33 heavy (non-hydrogen) atoms. The Hall–Kier alpha value is -3.55. The summed E-state index contributed by atoms with van der Waals surface area (Å²) in [7, 11) is 0. The van der Waals surface area contributed by atoms with Gasteiger partial charge in [0.25, 0.3) is 0 Å². The Bertz CT molecular complexity index is 940. The summed E-state index contributed by atoms with van der Waals surface area (Å²) in [6.45, 7) is 7.53. The predicted octanol–water partition coefficient (Wildman–Crippen LogP) is 3.65. The normalized spacial score (nSPS) is 10.9. The number of aryl methyl sites for hydroxylation is 2. The van der Waals surface area contributed by atoms with Gasteiger partial charge in [0.1, 0.15) is 5.75 Å². The van der Waals surface area contributed by atoms with Crippen LogP contribution in [0, 0.1) is 6.92 Å². The van der Waals surface area contributed by atoms with Crippen LogP contribution in [-0.4, -0.2) is 35.1 Å². The molecule has 0 fully saturated rings. The molecule has 2 rings (SSSR count). The van der Waals surface area contributed by atoms with E-state index in [1.54, 1.807) is 32.9 Å². The zero-order chi connectivity index (χ0) is 24.4. The smallest absolute Gasteiger partial charge is 0.349 e. The highest BCUT2D eigenvalue weighted by Gasteiger charge is 2.31. The summed E-state index contributed by atoms with van der Waals surface area (Å²) in [4.78, 5) is 36.0. The van der Waals surface area contributed by atoms with Crippen LogP contribution < -0.4 is 15.9 Å². The molecule has 2 aromatic rings. The van der Waals surface area contributed by atoms with Gasteiger partial charge in [-0.05, 0) is 63.8 Å². The average molecular weight is 457 g/mol. The Balaban J connectivity index is 1.81. The summed E-state index contributed by atoms with van der Waals surface area (Å²) < 4.78 is 10.8. The number of ether oxygens (including phenoxy) is 2. The molecule has 0 aliphatic rings. The molecule has 2 aromatic carbocycles. The van der Waals surface area contributed by atoms with E-state index in [0.29, 0.717) is 25.2 Å². The Morgan fingerprint density at radius 2 is 1.61 bits per heavy atom. The molecule has 0 spiro atoms. The molecule has 0 unspecified atom stereocenters. The molecule has 0 heterocycles. The van der Waals surface area contributed by atoms with Crippen molar-refractivity contribution in [1.82, 2.24) is 10.4 Å². The zero-order valence-corrected chi connectivity index (χ0v) is 19.7. The number of nitrogens with zero attached hydrogens (tertiary/aromatic N) is 1. The van der Waals surface area contributed by atoms with Crippen LogP contribution in [0.5, 0.6) is 5.75 Å². The first-order chi connectivity index (χ1) is 15.6. The van der Waals surface area contributed by atoms with Crippen LogP contribution >= 0.6 is 0 Å². The first-order valence-electron chi connectivity index (χ1n) is 11.0. The Morgan fingerprint density at radius 1 is 1.00 bits per heavy atom. The third-order valence-corrected chi connectivity index (χ3v) is 4.92. The maximum Gasteiger partial charge on any atom is 0.349 e. The molecular formula is C25H33N3O5. The lowest BCUT2D eigenvalue weighted by atomic mass is 10.1. The molecule has 3 N–H and O–H groups in total. The Labute approximate surface area is 195 Å². The van der Waals surface area contributed by atoms with E-state index in [1.165, 1.54) is 0 Å². The highest BCUT2D eigenvalue weighted by Crippen LogP contribution is 2.21. The summed E-state index contributed by atoms with van der Waals surface area (Å²) in [6.07, 6.45) is 1.51. The van der Waals surface area contributed by atoms with Crippen LogP contribution in [0.3, 0.4) is 0 Å². The number of primary amides is 1. The quantitative estimate of drug-likeness (QED) is 0.322. The van der Waals surface area contributed by atoms with Crippen molar-refractivity contribution in [3.63, 3.8) is 0 Å². The van der Waals surface area contributed by atoms with Gasteiger partial charge in [0, 0.05) is 6.42 Å². The minimum absolute atomic E-state index is 0.199. The molecular weight excluding hydrogens is 423 g/mol. The van der Waals surface area contributed by atoms with Crippen molar-refractivity contribution in [3.05, 3.63) is 65.2 Å².